The van der Waals surface area contributed by atoms with Crippen LogP contribution in [0, 0.1) is 13.8 Å². The van der Waals surface area contributed by atoms with Crippen LogP contribution in [0.1, 0.15) is 24.5 Å². The van der Waals surface area contributed by atoms with Crippen LogP contribution in [0.2, 0.25) is 0 Å². The van der Waals surface area contributed by atoms with Crippen LogP contribution in [0.15, 0.2) is 36.5 Å². The van der Waals surface area contributed by atoms with E-state index in [1.807, 2.05) is 12.3 Å². The number of rotatable bonds is 4. The van der Waals surface area contributed by atoms with Gasteiger partial charge in [-0.05, 0) is 38.0 Å². The van der Waals surface area contributed by atoms with Gasteiger partial charge in [0.15, 0.2) is 0 Å². The maximum absolute atomic E-state index is 4.47. The van der Waals surface area contributed by atoms with Gasteiger partial charge in [-0.3, -0.25) is 4.98 Å². The fourth-order valence-corrected chi connectivity index (χ4v) is 2.06. The lowest BCUT2D eigenvalue weighted by molar-refractivity contribution is 0.979. The zero-order valence-corrected chi connectivity index (χ0v) is 11.3. The Morgan fingerprint density at radius 1 is 1.11 bits per heavy atom. The summed E-state index contributed by atoms with van der Waals surface area (Å²) in [4.78, 5) is 4.47. The number of aryl methyl sites for hydroxylation is 2. The van der Waals surface area contributed by atoms with E-state index in [1.165, 1.54) is 16.7 Å². The molecular weight excluding hydrogens is 220 g/mol. The molecule has 0 aliphatic heterocycles. The second kappa shape index (κ2) is 5.67. The summed E-state index contributed by atoms with van der Waals surface area (Å²) in [6.45, 7) is 7.41. The van der Waals surface area contributed by atoms with Gasteiger partial charge in [0, 0.05) is 24.0 Å². The Bertz CT molecular complexity index is 532. The SMILES string of the molecule is CCCNc1ccnc(-c2ccc(C)cc2C)c1. The summed E-state index contributed by atoms with van der Waals surface area (Å²) in [5.74, 6) is 0. The van der Waals surface area contributed by atoms with Crippen LogP contribution < -0.4 is 5.32 Å². The van der Waals surface area contributed by atoms with Gasteiger partial charge in [0.2, 0.25) is 0 Å². The Hall–Kier alpha value is -1.83. The van der Waals surface area contributed by atoms with E-state index in [0.29, 0.717) is 0 Å². The Morgan fingerprint density at radius 3 is 2.67 bits per heavy atom. The van der Waals surface area contributed by atoms with Gasteiger partial charge in [0.25, 0.3) is 0 Å². The molecule has 0 saturated carbocycles. The van der Waals surface area contributed by atoms with Crippen LogP contribution in [-0.2, 0) is 0 Å². The summed E-state index contributed by atoms with van der Waals surface area (Å²) in [5, 5.41) is 3.40. The molecule has 1 aromatic heterocycles. The lowest BCUT2D eigenvalue weighted by Crippen LogP contribution is -2.00. The van der Waals surface area contributed by atoms with Gasteiger partial charge < -0.3 is 5.32 Å². The van der Waals surface area contributed by atoms with Crippen molar-refractivity contribution in [3.63, 3.8) is 0 Å². The standard InChI is InChI=1S/C16H20N2/c1-4-8-17-14-7-9-18-16(11-14)15-6-5-12(2)10-13(15)3/h5-7,9-11H,4,8H2,1-3H3,(H,17,18). The molecule has 1 aromatic carbocycles. The van der Waals surface area contributed by atoms with Gasteiger partial charge in [-0.25, -0.2) is 0 Å². The van der Waals surface area contributed by atoms with Crippen molar-refractivity contribution in [2.24, 2.45) is 0 Å². The average molecular weight is 240 g/mol. The van der Waals surface area contributed by atoms with Crippen molar-refractivity contribution in [3.8, 4) is 11.3 Å². The van der Waals surface area contributed by atoms with Gasteiger partial charge in [0.1, 0.15) is 0 Å². The zero-order valence-electron chi connectivity index (χ0n) is 11.3. The first-order valence-electron chi connectivity index (χ1n) is 6.48. The number of nitrogens with one attached hydrogen (secondary N) is 1. The highest BCUT2D eigenvalue weighted by molar-refractivity contribution is 5.67. The van der Waals surface area contributed by atoms with Gasteiger partial charge in [-0.2, -0.15) is 0 Å². The van der Waals surface area contributed by atoms with Crippen LogP contribution >= 0.6 is 0 Å². The first-order valence-corrected chi connectivity index (χ1v) is 6.48. The van der Waals surface area contributed by atoms with Crippen LogP contribution in [0.5, 0.6) is 0 Å². The Balaban J connectivity index is 2.32. The van der Waals surface area contributed by atoms with Gasteiger partial charge in [-0.1, -0.05) is 30.7 Å². The molecule has 0 unspecified atom stereocenters. The molecule has 0 saturated heterocycles. The van der Waals surface area contributed by atoms with Crippen molar-refractivity contribution in [1.29, 1.82) is 0 Å². The van der Waals surface area contributed by atoms with Crippen LogP contribution in [0.25, 0.3) is 11.3 Å². The quantitative estimate of drug-likeness (QED) is 0.866. The van der Waals surface area contributed by atoms with Crippen molar-refractivity contribution in [2.45, 2.75) is 27.2 Å². The molecule has 2 nitrogen and oxygen atoms in total. The highest BCUT2D eigenvalue weighted by atomic mass is 14.9. The number of pyridine rings is 1. The smallest absolute Gasteiger partial charge is 0.0725 e. The molecule has 0 bridgehead atoms. The molecule has 0 spiro atoms. The predicted molar refractivity (Wildman–Crippen MR) is 77.9 cm³/mol. The summed E-state index contributed by atoms with van der Waals surface area (Å²) < 4.78 is 0. The molecule has 94 valence electrons. The molecule has 18 heavy (non-hydrogen) atoms. The molecule has 1 heterocycles. The number of hydrogen-bond acceptors (Lipinski definition) is 2. The molecule has 1 N–H and O–H groups in total. The first kappa shape index (κ1) is 12.6. The number of benzene rings is 1. The maximum atomic E-state index is 4.47. The number of anilines is 1. The Morgan fingerprint density at radius 2 is 1.94 bits per heavy atom. The minimum atomic E-state index is 0.996. The highest BCUT2D eigenvalue weighted by Gasteiger charge is 2.04. The summed E-state index contributed by atoms with van der Waals surface area (Å²) in [7, 11) is 0. The molecule has 0 atom stereocenters. The molecule has 2 aromatic rings. The van der Waals surface area contributed by atoms with Crippen molar-refractivity contribution >= 4 is 5.69 Å². The average Bonchev–Trinajstić information content (AvgIpc) is 2.36. The van der Waals surface area contributed by atoms with E-state index in [1.54, 1.807) is 0 Å². The van der Waals surface area contributed by atoms with Gasteiger partial charge in [-0.15, -0.1) is 0 Å². The zero-order chi connectivity index (χ0) is 13.0. The topological polar surface area (TPSA) is 24.9 Å². The second-order valence-electron chi connectivity index (χ2n) is 4.67. The summed E-state index contributed by atoms with van der Waals surface area (Å²) in [6.07, 6.45) is 2.99. The Kier molecular flexibility index (Phi) is 3.98. The van der Waals surface area contributed by atoms with Crippen LogP contribution in [0.4, 0.5) is 5.69 Å². The molecule has 0 aliphatic carbocycles. The fraction of sp³-hybridized carbons (Fsp3) is 0.312. The van der Waals surface area contributed by atoms with Crippen molar-refractivity contribution in [1.82, 2.24) is 4.98 Å². The second-order valence-corrected chi connectivity index (χ2v) is 4.67. The normalized spacial score (nSPS) is 10.4. The minimum absolute atomic E-state index is 0.996. The van der Waals surface area contributed by atoms with Crippen LogP contribution in [0.3, 0.4) is 0 Å². The lowest BCUT2D eigenvalue weighted by atomic mass is 10.0. The molecule has 2 rings (SSSR count). The van der Waals surface area contributed by atoms with E-state index in [-0.39, 0.29) is 0 Å². The fourth-order valence-electron chi connectivity index (χ4n) is 2.06. The van der Waals surface area contributed by atoms with E-state index in [0.717, 1.165) is 24.3 Å². The maximum Gasteiger partial charge on any atom is 0.0725 e. The van der Waals surface area contributed by atoms with Crippen LogP contribution in [-0.4, -0.2) is 11.5 Å². The molecule has 2 heteroatoms. The van der Waals surface area contributed by atoms with E-state index in [4.69, 9.17) is 0 Å². The molecule has 0 radical (unpaired) electrons. The van der Waals surface area contributed by atoms with E-state index < -0.39 is 0 Å². The third kappa shape index (κ3) is 2.89. The molecule has 0 amide bonds. The number of hydrogen-bond donors (Lipinski definition) is 1. The van der Waals surface area contributed by atoms with E-state index in [9.17, 15) is 0 Å². The van der Waals surface area contributed by atoms with Gasteiger partial charge in [0.05, 0.1) is 5.69 Å². The lowest BCUT2D eigenvalue weighted by Gasteiger charge is -2.09. The Labute approximate surface area is 109 Å². The minimum Gasteiger partial charge on any atom is -0.385 e. The number of aromatic nitrogens is 1. The predicted octanol–water partition coefficient (Wildman–Crippen LogP) is 4.19. The third-order valence-electron chi connectivity index (χ3n) is 3.00. The molecule has 0 aliphatic rings. The first-order chi connectivity index (χ1) is 8.70. The van der Waals surface area contributed by atoms with Crippen molar-refractivity contribution < 1.29 is 0 Å². The largest absolute Gasteiger partial charge is 0.385 e. The van der Waals surface area contributed by atoms with E-state index >= 15 is 0 Å². The van der Waals surface area contributed by atoms with E-state index in [2.05, 4.69) is 55.3 Å². The summed E-state index contributed by atoms with van der Waals surface area (Å²) in [6, 6.07) is 10.6. The summed E-state index contributed by atoms with van der Waals surface area (Å²) >= 11 is 0. The molecule has 0 fully saturated rings. The summed E-state index contributed by atoms with van der Waals surface area (Å²) in [5.41, 5.74) is 5.95. The number of nitrogens with zero attached hydrogens (tertiary/aromatic N) is 1. The third-order valence-corrected chi connectivity index (χ3v) is 3.00. The van der Waals surface area contributed by atoms with Gasteiger partial charge >= 0.3 is 0 Å². The van der Waals surface area contributed by atoms with Crippen molar-refractivity contribution in [3.05, 3.63) is 47.7 Å². The van der Waals surface area contributed by atoms with Crippen molar-refractivity contribution in [2.75, 3.05) is 11.9 Å². The monoisotopic (exact) mass is 240 g/mol. The highest BCUT2D eigenvalue weighted by Crippen LogP contribution is 2.24. The molecular formula is C16H20N2.